The lowest BCUT2D eigenvalue weighted by molar-refractivity contribution is 0.0895. The number of nitrogens with one attached hydrogen (secondary N) is 2. The first-order chi connectivity index (χ1) is 13.6. The summed E-state index contributed by atoms with van der Waals surface area (Å²) in [7, 11) is 3.26. The molecule has 3 rings (SSSR count). The second kappa shape index (κ2) is 9.86. The molecule has 0 bridgehead atoms. The van der Waals surface area contributed by atoms with Crippen LogP contribution in [0.1, 0.15) is 18.4 Å². The molecule has 1 atom stereocenters. The van der Waals surface area contributed by atoms with Crippen LogP contribution in [0.4, 0.5) is 0 Å². The van der Waals surface area contributed by atoms with E-state index in [0.717, 1.165) is 30.4 Å². The number of pyridine rings is 1. The number of rotatable bonds is 8. The molecular formula is C20H27N3O4S. The molecule has 0 amide bonds. The van der Waals surface area contributed by atoms with Gasteiger partial charge in [-0.15, -0.1) is 0 Å². The summed E-state index contributed by atoms with van der Waals surface area (Å²) in [5.74, 6) is 0.708. The molecule has 152 valence electrons. The lowest BCUT2D eigenvalue weighted by atomic mass is 10.1. The van der Waals surface area contributed by atoms with Gasteiger partial charge in [0.15, 0.2) is 5.11 Å². The maximum Gasteiger partial charge on any atom is 0.253 e. The van der Waals surface area contributed by atoms with E-state index in [1.807, 2.05) is 29.2 Å². The monoisotopic (exact) mass is 405 g/mol. The molecule has 2 N–H and O–H groups in total. The van der Waals surface area contributed by atoms with Crippen LogP contribution in [-0.4, -0.2) is 61.6 Å². The van der Waals surface area contributed by atoms with E-state index in [4.69, 9.17) is 26.4 Å². The van der Waals surface area contributed by atoms with Crippen molar-refractivity contribution in [2.75, 3.05) is 40.5 Å². The van der Waals surface area contributed by atoms with Crippen molar-refractivity contribution in [3.63, 3.8) is 0 Å². The number of nitrogens with zero attached hydrogens (tertiary/aromatic N) is 1. The lowest BCUT2D eigenvalue weighted by Crippen LogP contribution is -2.44. The molecule has 2 aromatic rings. The molecule has 0 spiro atoms. The molecule has 2 heterocycles. The van der Waals surface area contributed by atoms with Gasteiger partial charge in [0.2, 0.25) is 0 Å². The van der Waals surface area contributed by atoms with Gasteiger partial charge in [0.25, 0.3) is 5.56 Å². The molecule has 7 nitrogen and oxygen atoms in total. The molecule has 28 heavy (non-hydrogen) atoms. The van der Waals surface area contributed by atoms with Crippen molar-refractivity contribution in [1.82, 2.24) is 15.2 Å². The Balaban J connectivity index is 1.80. The van der Waals surface area contributed by atoms with Crippen LogP contribution in [-0.2, 0) is 16.0 Å². The molecule has 1 fully saturated rings. The third-order valence-corrected chi connectivity index (χ3v) is 5.21. The zero-order chi connectivity index (χ0) is 19.9. The number of fused-ring (bicyclic) bond motifs is 1. The molecule has 8 heteroatoms. The van der Waals surface area contributed by atoms with E-state index in [9.17, 15) is 4.79 Å². The van der Waals surface area contributed by atoms with Gasteiger partial charge in [-0.2, -0.15) is 0 Å². The maximum atomic E-state index is 12.7. The summed E-state index contributed by atoms with van der Waals surface area (Å²) < 4.78 is 16.1. The molecule has 1 unspecified atom stereocenters. The first-order valence-electron chi connectivity index (χ1n) is 9.44. The number of H-pyrrole nitrogens is 1. The summed E-state index contributed by atoms with van der Waals surface area (Å²) in [6.07, 6.45) is 2.19. The van der Waals surface area contributed by atoms with Crippen LogP contribution < -0.4 is 15.6 Å². The van der Waals surface area contributed by atoms with Crippen LogP contribution in [0.2, 0.25) is 0 Å². The Morgan fingerprint density at radius 3 is 2.96 bits per heavy atom. The largest absolute Gasteiger partial charge is 0.497 e. The van der Waals surface area contributed by atoms with E-state index in [2.05, 4.69) is 10.3 Å². The van der Waals surface area contributed by atoms with Gasteiger partial charge in [0, 0.05) is 38.4 Å². The fourth-order valence-electron chi connectivity index (χ4n) is 3.30. The van der Waals surface area contributed by atoms with Crippen LogP contribution in [0, 0.1) is 0 Å². The van der Waals surface area contributed by atoms with Crippen LogP contribution in [0.25, 0.3) is 10.9 Å². The highest BCUT2D eigenvalue weighted by atomic mass is 32.1. The van der Waals surface area contributed by atoms with Crippen LogP contribution >= 0.6 is 12.2 Å². The number of benzene rings is 1. The van der Waals surface area contributed by atoms with Gasteiger partial charge in [-0.25, -0.2) is 0 Å². The van der Waals surface area contributed by atoms with E-state index < -0.39 is 0 Å². The minimum atomic E-state index is -0.127. The number of hydrogen-bond acceptors (Lipinski definition) is 5. The van der Waals surface area contributed by atoms with E-state index >= 15 is 0 Å². The van der Waals surface area contributed by atoms with Crippen molar-refractivity contribution in [3.05, 3.63) is 40.2 Å². The van der Waals surface area contributed by atoms with Crippen molar-refractivity contribution < 1.29 is 14.2 Å². The zero-order valence-corrected chi connectivity index (χ0v) is 17.1. The summed E-state index contributed by atoms with van der Waals surface area (Å²) in [4.78, 5) is 17.6. The predicted molar refractivity (Wildman–Crippen MR) is 113 cm³/mol. The Labute approximate surface area is 170 Å². The third kappa shape index (κ3) is 5.21. The van der Waals surface area contributed by atoms with E-state index in [0.29, 0.717) is 42.7 Å². The minimum absolute atomic E-state index is 0.127. The first-order valence-corrected chi connectivity index (χ1v) is 9.85. The van der Waals surface area contributed by atoms with Crippen molar-refractivity contribution in [3.8, 4) is 5.75 Å². The molecule has 1 aromatic carbocycles. The summed E-state index contributed by atoms with van der Waals surface area (Å²) in [6.45, 7) is 3.02. The fraction of sp³-hybridized carbons (Fsp3) is 0.500. The molecule has 1 aliphatic rings. The Morgan fingerprint density at radius 1 is 1.39 bits per heavy atom. The van der Waals surface area contributed by atoms with Gasteiger partial charge in [-0.05, 0) is 48.6 Å². The highest BCUT2D eigenvalue weighted by molar-refractivity contribution is 7.80. The van der Waals surface area contributed by atoms with Crippen molar-refractivity contribution in [2.24, 2.45) is 0 Å². The van der Waals surface area contributed by atoms with Crippen molar-refractivity contribution in [2.45, 2.75) is 25.5 Å². The van der Waals surface area contributed by atoms with Gasteiger partial charge < -0.3 is 29.4 Å². The molecule has 1 aliphatic heterocycles. The molecule has 1 aromatic heterocycles. The quantitative estimate of drug-likeness (QED) is 0.514. The van der Waals surface area contributed by atoms with Crippen LogP contribution in [0.15, 0.2) is 29.1 Å². The van der Waals surface area contributed by atoms with Gasteiger partial charge in [0.1, 0.15) is 5.75 Å². The number of hydrogen-bond donors (Lipinski definition) is 2. The van der Waals surface area contributed by atoms with Crippen molar-refractivity contribution in [1.29, 1.82) is 0 Å². The van der Waals surface area contributed by atoms with Gasteiger partial charge in [-0.3, -0.25) is 4.79 Å². The number of methoxy groups -OCH3 is 2. The van der Waals surface area contributed by atoms with Gasteiger partial charge >= 0.3 is 0 Å². The predicted octanol–water partition coefficient (Wildman–Crippen LogP) is 2.04. The average Bonchev–Trinajstić information content (AvgIpc) is 3.20. The topological polar surface area (TPSA) is 75.8 Å². The molecule has 0 radical (unpaired) electrons. The van der Waals surface area contributed by atoms with E-state index in [1.54, 1.807) is 14.2 Å². The van der Waals surface area contributed by atoms with Crippen LogP contribution in [0.3, 0.4) is 0 Å². The summed E-state index contributed by atoms with van der Waals surface area (Å²) in [5.41, 5.74) is 1.28. The number of aromatic amines is 1. The molecular weight excluding hydrogens is 378 g/mol. The zero-order valence-electron chi connectivity index (χ0n) is 16.3. The lowest BCUT2D eigenvalue weighted by Gasteiger charge is -2.28. The second-order valence-electron chi connectivity index (χ2n) is 6.82. The highest BCUT2D eigenvalue weighted by Crippen LogP contribution is 2.20. The van der Waals surface area contributed by atoms with E-state index in [-0.39, 0.29) is 11.7 Å². The fourth-order valence-corrected chi connectivity index (χ4v) is 3.54. The summed E-state index contributed by atoms with van der Waals surface area (Å²) in [6, 6.07) is 7.55. The maximum absolute atomic E-state index is 12.7. The van der Waals surface area contributed by atoms with Crippen LogP contribution in [0.5, 0.6) is 5.75 Å². The molecule has 0 saturated carbocycles. The first kappa shape index (κ1) is 20.6. The number of ether oxygens (including phenoxy) is 3. The third-order valence-electron chi connectivity index (χ3n) is 4.81. The summed E-state index contributed by atoms with van der Waals surface area (Å²) >= 11 is 5.57. The Bertz CT molecular complexity index is 864. The smallest absolute Gasteiger partial charge is 0.253 e. The Morgan fingerprint density at radius 2 is 2.25 bits per heavy atom. The average molecular weight is 406 g/mol. The molecule has 0 aliphatic carbocycles. The Hall–Kier alpha value is -2.16. The second-order valence-corrected chi connectivity index (χ2v) is 7.20. The normalized spacial score (nSPS) is 16.3. The SMILES string of the molecule is COCCNC(=S)N(Cc1cc2ccc(OC)cc2[nH]c1=O)CC1CCCO1. The highest BCUT2D eigenvalue weighted by Gasteiger charge is 2.22. The minimum Gasteiger partial charge on any atom is -0.497 e. The number of thiocarbonyl (C=S) groups is 1. The Kier molecular flexibility index (Phi) is 7.24. The molecule has 1 saturated heterocycles. The standard InChI is InChI=1S/C20H27N3O4S/c1-25-9-7-21-20(28)23(13-17-4-3-8-27-17)12-15-10-14-5-6-16(26-2)11-18(14)22-19(15)24/h5-6,10-11,17H,3-4,7-9,12-13H2,1-2H3,(H,21,28)(H,22,24). The van der Waals surface area contributed by atoms with E-state index in [1.165, 1.54) is 0 Å². The van der Waals surface area contributed by atoms with Gasteiger partial charge in [-0.1, -0.05) is 0 Å². The van der Waals surface area contributed by atoms with Gasteiger partial charge in [0.05, 0.1) is 31.9 Å². The summed E-state index contributed by atoms with van der Waals surface area (Å²) in [5, 5.41) is 4.75. The van der Waals surface area contributed by atoms with Crippen molar-refractivity contribution >= 4 is 28.2 Å². The number of aromatic nitrogens is 1.